The molecule has 10 nitrogen and oxygen atoms in total. The molecule has 5 rings (SSSR count). The highest BCUT2D eigenvalue weighted by molar-refractivity contribution is 7.98. The average molecular weight is 494 g/mol. The molecule has 1 aliphatic heterocycles. The number of morpholine rings is 1. The van der Waals surface area contributed by atoms with E-state index in [9.17, 15) is 4.39 Å². The molecule has 0 amide bonds. The number of ether oxygens (including phenoxy) is 1. The Morgan fingerprint density at radius 3 is 2.63 bits per heavy atom. The molecule has 3 heterocycles. The molecule has 0 aliphatic carbocycles. The molecule has 3 N–H and O–H groups in total. The monoisotopic (exact) mass is 493 g/mol. The van der Waals surface area contributed by atoms with Crippen LogP contribution in [0.1, 0.15) is 11.4 Å². The summed E-state index contributed by atoms with van der Waals surface area (Å²) in [4.78, 5) is 15.0. The fourth-order valence-electron chi connectivity index (χ4n) is 3.62. The van der Waals surface area contributed by atoms with Crippen molar-refractivity contribution in [3.05, 3.63) is 65.7 Å². The van der Waals surface area contributed by atoms with Gasteiger partial charge >= 0.3 is 0 Å². The Morgan fingerprint density at radius 2 is 1.86 bits per heavy atom. The van der Waals surface area contributed by atoms with Gasteiger partial charge in [0, 0.05) is 18.8 Å². The van der Waals surface area contributed by atoms with Gasteiger partial charge in [-0.15, -0.1) is 10.2 Å². The maximum absolute atomic E-state index is 14.1. The van der Waals surface area contributed by atoms with Gasteiger partial charge in [-0.2, -0.15) is 15.0 Å². The first-order chi connectivity index (χ1) is 17.0. The second kappa shape index (κ2) is 10.2. The minimum atomic E-state index is -0.336. The molecule has 0 bridgehead atoms. The topological polar surface area (TPSA) is 120 Å². The quantitative estimate of drug-likeness (QED) is 0.371. The summed E-state index contributed by atoms with van der Waals surface area (Å²) in [5.41, 5.74) is 8.58. The van der Waals surface area contributed by atoms with Crippen LogP contribution in [0.5, 0.6) is 0 Å². The molecule has 0 radical (unpaired) electrons. The Hall–Kier alpha value is -3.77. The van der Waals surface area contributed by atoms with Crippen molar-refractivity contribution in [1.29, 1.82) is 0 Å². The fraction of sp³-hybridized carbons (Fsp3) is 0.261. The summed E-state index contributed by atoms with van der Waals surface area (Å²) in [6.45, 7) is 4.57. The van der Waals surface area contributed by atoms with Crippen LogP contribution in [0, 0.1) is 12.7 Å². The number of aryl methyl sites for hydroxylation is 1. The molecule has 0 atom stereocenters. The lowest BCUT2D eigenvalue weighted by Gasteiger charge is -2.27. The number of halogens is 1. The highest BCUT2D eigenvalue weighted by Crippen LogP contribution is 2.29. The van der Waals surface area contributed by atoms with E-state index in [0.29, 0.717) is 60.6 Å². The van der Waals surface area contributed by atoms with Crippen LogP contribution >= 0.6 is 11.8 Å². The van der Waals surface area contributed by atoms with Crippen molar-refractivity contribution in [1.82, 2.24) is 29.7 Å². The van der Waals surface area contributed by atoms with E-state index in [4.69, 9.17) is 10.5 Å². The van der Waals surface area contributed by atoms with Gasteiger partial charge in [-0.05, 0) is 37.3 Å². The van der Waals surface area contributed by atoms with Gasteiger partial charge in [-0.25, -0.2) is 4.39 Å². The summed E-state index contributed by atoms with van der Waals surface area (Å²) >= 11 is 1.38. The molecule has 12 heteroatoms. The third-order valence-corrected chi connectivity index (χ3v) is 6.24. The van der Waals surface area contributed by atoms with E-state index >= 15 is 0 Å². The van der Waals surface area contributed by atoms with E-state index in [1.807, 2.05) is 41.8 Å². The maximum atomic E-state index is 14.1. The van der Waals surface area contributed by atoms with E-state index in [-0.39, 0.29) is 11.8 Å². The molecule has 180 valence electrons. The van der Waals surface area contributed by atoms with Crippen molar-refractivity contribution in [3.63, 3.8) is 0 Å². The summed E-state index contributed by atoms with van der Waals surface area (Å²) in [5, 5.41) is 12.5. The molecule has 0 unspecified atom stereocenters. The number of nitrogens with one attached hydrogen (secondary N) is 1. The molecule has 4 aromatic rings. The number of benzene rings is 2. The summed E-state index contributed by atoms with van der Waals surface area (Å²) in [6, 6.07) is 14.2. The second-order valence-corrected chi connectivity index (χ2v) is 8.85. The van der Waals surface area contributed by atoms with Gasteiger partial charge in [0.25, 0.3) is 0 Å². The molecule has 0 saturated carbocycles. The zero-order valence-electron chi connectivity index (χ0n) is 19.1. The lowest BCUT2D eigenvalue weighted by Crippen LogP contribution is -2.37. The first kappa shape index (κ1) is 23.0. The lowest BCUT2D eigenvalue weighted by atomic mass is 10.2. The summed E-state index contributed by atoms with van der Waals surface area (Å²) < 4.78 is 21.4. The van der Waals surface area contributed by atoms with Crippen molar-refractivity contribution in [2.45, 2.75) is 17.8 Å². The molecule has 2 aromatic carbocycles. The van der Waals surface area contributed by atoms with E-state index in [2.05, 4.69) is 35.4 Å². The Kier molecular flexibility index (Phi) is 6.73. The molecular weight excluding hydrogens is 469 g/mol. The third kappa shape index (κ3) is 5.49. The van der Waals surface area contributed by atoms with Crippen LogP contribution in [-0.4, -0.2) is 56.0 Å². The van der Waals surface area contributed by atoms with E-state index in [0.717, 1.165) is 11.3 Å². The maximum Gasteiger partial charge on any atom is 0.232 e. The molecule has 0 spiro atoms. The molecule has 1 aliphatic rings. The minimum absolute atomic E-state index is 0.116. The Morgan fingerprint density at radius 1 is 1.06 bits per heavy atom. The van der Waals surface area contributed by atoms with Crippen molar-refractivity contribution >= 4 is 35.3 Å². The molecule has 35 heavy (non-hydrogen) atoms. The van der Waals surface area contributed by atoms with E-state index in [1.54, 1.807) is 6.07 Å². The first-order valence-electron chi connectivity index (χ1n) is 11.1. The smallest absolute Gasteiger partial charge is 0.232 e. The van der Waals surface area contributed by atoms with Gasteiger partial charge in [0.05, 0.1) is 24.7 Å². The third-order valence-electron chi connectivity index (χ3n) is 5.31. The number of hydrogen-bond acceptors (Lipinski definition) is 10. The number of aromatic nitrogens is 6. The standard InChI is InChI=1S/C23H24FN9OS/c1-15-5-7-17(8-6-15)26-21-28-19(27-20(25)29-21)14-35-23-31-30-22(32-9-11-34-12-10-32)33(23)18-4-2-3-16(24)13-18/h2-8,13H,9-12,14H2,1H3,(H3,25,26,27,28,29). The summed E-state index contributed by atoms with van der Waals surface area (Å²) in [6.07, 6.45) is 0. The predicted octanol–water partition coefficient (Wildman–Crippen LogP) is 3.35. The highest BCUT2D eigenvalue weighted by Gasteiger charge is 2.22. The number of thioether (sulfide) groups is 1. The molecule has 2 aromatic heterocycles. The van der Waals surface area contributed by atoms with Gasteiger partial charge in [0.15, 0.2) is 5.16 Å². The van der Waals surface area contributed by atoms with Crippen LogP contribution in [0.25, 0.3) is 5.69 Å². The average Bonchev–Trinajstić information content (AvgIpc) is 3.28. The van der Waals surface area contributed by atoms with Crippen LogP contribution < -0.4 is 16.0 Å². The SMILES string of the molecule is Cc1ccc(Nc2nc(N)nc(CSc3nnc(N4CCOCC4)n3-c3cccc(F)c3)n2)cc1. The summed E-state index contributed by atoms with van der Waals surface area (Å²) in [7, 11) is 0. The van der Waals surface area contributed by atoms with Crippen LogP contribution in [0.15, 0.2) is 53.7 Å². The van der Waals surface area contributed by atoms with E-state index < -0.39 is 0 Å². The number of nitrogens with zero attached hydrogens (tertiary/aromatic N) is 7. The number of anilines is 4. The predicted molar refractivity (Wildman–Crippen MR) is 133 cm³/mol. The van der Waals surface area contributed by atoms with Gasteiger partial charge in [-0.3, -0.25) is 4.57 Å². The Balaban J connectivity index is 1.40. The van der Waals surface area contributed by atoms with Crippen LogP contribution in [0.4, 0.5) is 27.9 Å². The van der Waals surface area contributed by atoms with Crippen molar-refractivity contribution < 1.29 is 9.13 Å². The number of nitrogens with two attached hydrogens (primary N) is 1. The number of nitrogen functional groups attached to an aromatic ring is 1. The zero-order valence-corrected chi connectivity index (χ0v) is 19.9. The Bertz CT molecular complexity index is 1310. The number of hydrogen-bond donors (Lipinski definition) is 2. The second-order valence-electron chi connectivity index (χ2n) is 7.91. The molecular formula is C23H24FN9OS. The minimum Gasteiger partial charge on any atom is -0.378 e. The van der Waals surface area contributed by atoms with Crippen molar-refractivity contribution in [2.75, 3.05) is 42.3 Å². The zero-order chi connectivity index (χ0) is 24.2. The first-order valence-corrected chi connectivity index (χ1v) is 12.0. The lowest BCUT2D eigenvalue weighted by molar-refractivity contribution is 0.122. The Labute approximate surface area is 205 Å². The number of rotatable bonds is 7. The van der Waals surface area contributed by atoms with Gasteiger partial charge in [-0.1, -0.05) is 35.5 Å². The van der Waals surface area contributed by atoms with E-state index in [1.165, 1.54) is 23.9 Å². The van der Waals surface area contributed by atoms with Crippen LogP contribution in [0.2, 0.25) is 0 Å². The fourth-order valence-corrected chi connectivity index (χ4v) is 4.42. The normalized spacial score (nSPS) is 13.7. The molecule has 1 saturated heterocycles. The molecule has 1 fully saturated rings. The van der Waals surface area contributed by atoms with Crippen molar-refractivity contribution in [3.8, 4) is 5.69 Å². The van der Waals surface area contributed by atoms with Gasteiger partial charge < -0.3 is 20.7 Å². The summed E-state index contributed by atoms with van der Waals surface area (Å²) in [5.74, 6) is 1.63. The van der Waals surface area contributed by atoms with Crippen molar-refractivity contribution in [2.24, 2.45) is 0 Å². The van der Waals surface area contributed by atoms with Gasteiger partial charge in [0.1, 0.15) is 11.6 Å². The highest BCUT2D eigenvalue weighted by atomic mass is 32.2. The largest absolute Gasteiger partial charge is 0.378 e. The van der Waals surface area contributed by atoms with Crippen LogP contribution in [0.3, 0.4) is 0 Å². The van der Waals surface area contributed by atoms with Gasteiger partial charge in [0.2, 0.25) is 17.8 Å². The van der Waals surface area contributed by atoms with Crippen LogP contribution in [-0.2, 0) is 10.5 Å².